The Kier molecular flexibility index (Phi) is 5.29. The zero-order valence-corrected chi connectivity index (χ0v) is 14.8. The van der Waals surface area contributed by atoms with E-state index in [1.807, 2.05) is 18.3 Å². The van der Waals surface area contributed by atoms with Crippen LogP contribution in [0, 0.1) is 12.8 Å². The molecular weight excluding hydrogens is 294 g/mol. The molecule has 3 nitrogen and oxygen atoms in total. The molecule has 24 heavy (non-hydrogen) atoms. The van der Waals surface area contributed by atoms with Crippen molar-refractivity contribution in [3.63, 3.8) is 0 Å². The second kappa shape index (κ2) is 7.61. The molecule has 3 rings (SSSR count). The summed E-state index contributed by atoms with van der Waals surface area (Å²) < 4.78 is 0. The number of hydrogen-bond acceptors (Lipinski definition) is 3. The molecule has 0 atom stereocenters. The lowest BCUT2D eigenvalue weighted by atomic mass is 9.89. The van der Waals surface area contributed by atoms with Crippen LogP contribution in [0.5, 0.6) is 0 Å². The Balaban J connectivity index is 1.80. The first kappa shape index (κ1) is 16.7. The number of benzene rings is 1. The zero-order valence-electron chi connectivity index (χ0n) is 14.8. The van der Waals surface area contributed by atoms with Gasteiger partial charge in [-0.25, -0.2) is 4.98 Å². The first-order valence-electron chi connectivity index (χ1n) is 8.94. The van der Waals surface area contributed by atoms with Crippen molar-refractivity contribution in [1.82, 2.24) is 14.9 Å². The van der Waals surface area contributed by atoms with Crippen molar-refractivity contribution in [3.8, 4) is 0 Å². The van der Waals surface area contributed by atoms with Crippen LogP contribution in [0.2, 0.25) is 0 Å². The molecule has 1 heterocycles. The Morgan fingerprint density at radius 2 is 2.04 bits per heavy atom. The van der Waals surface area contributed by atoms with E-state index in [1.165, 1.54) is 37.7 Å². The molecule has 1 aromatic heterocycles. The molecule has 1 saturated carbocycles. The summed E-state index contributed by atoms with van der Waals surface area (Å²) in [7, 11) is 2.15. The zero-order chi connectivity index (χ0) is 16.9. The number of hydrogen-bond donors (Lipinski definition) is 0. The summed E-state index contributed by atoms with van der Waals surface area (Å²) in [4.78, 5) is 11.6. The van der Waals surface area contributed by atoms with Crippen LogP contribution < -0.4 is 0 Å². The van der Waals surface area contributed by atoms with E-state index in [2.05, 4.69) is 48.8 Å². The van der Waals surface area contributed by atoms with Crippen LogP contribution in [0.25, 0.3) is 16.6 Å². The van der Waals surface area contributed by atoms with Gasteiger partial charge in [-0.3, -0.25) is 4.98 Å². The van der Waals surface area contributed by atoms with Gasteiger partial charge in [-0.1, -0.05) is 38.0 Å². The SMILES string of the molecule is C=C/C(=C\N(C)CC1CCCCC1)c1cnc2ccc(C)cc2n1. The highest BCUT2D eigenvalue weighted by atomic mass is 15.1. The second-order valence-corrected chi connectivity index (χ2v) is 6.98. The molecule has 1 aromatic carbocycles. The van der Waals surface area contributed by atoms with Gasteiger partial charge in [0.25, 0.3) is 0 Å². The lowest BCUT2D eigenvalue weighted by molar-refractivity contribution is 0.282. The molecule has 1 fully saturated rings. The van der Waals surface area contributed by atoms with E-state index in [0.29, 0.717) is 0 Å². The first-order valence-corrected chi connectivity index (χ1v) is 8.94. The number of nitrogens with zero attached hydrogens (tertiary/aromatic N) is 3. The fourth-order valence-electron chi connectivity index (χ4n) is 3.55. The average molecular weight is 321 g/mol. The van der Waals surface area contributed by atoms with Gasteiger partial charge in [0, 0.05) is 25.4 Å². The molecule has 0 aliphatic heterocycles. The molecule has 0 amide bonds. The molecule has 0 radical (unpaired) electrons. The van der Waals surface area contributed by atoms with Crippen molar-refractivity contribution in [2.45, 2.75) is 39.0 Å². The maximum absolute atomic E-state index is 4.78. The number of fused-ring (bicyclic) bond motifs is 1. The maximum Gasteiger partial charge on any atom is 0.0907 e. The largest absolute Gasteiger partial charge is 0.380 e. The summed E-state index contributed by atoms with van der Waals surface area (Å²) in [6.07, 6.45) is 12.8. The number of aromatic nitrogens is 2. The number of aryl methyl sites for hydroxylation is 1. The maximum atomic E-state index is 4.78. The van der Waals surface area contributed by atoms with Crippen molar-refractivity contribution >= 4 is 16.6 Å². The Hall–Kier alpha value is -2.16. The fourth-order valence-corrected chi connectivity index (χ4v) is 3.55. The van der Waals surface area contributed by atoms with Crippen molar-refractivity contribution in [1.29, 1.82) is 0 Å². The van der Waals surface area contributed by atoms with Crippen LogP contribution in [0.15, 0.2) is 43.3 Å². The van der Waals surface area contributed by atoms with Crippen LogP contribution in [0.4, 0.5) is 0 Å². The molecule has 3 heteroatoms. The number of rotatable bonds is 5. The van der Waals surface area contributed by atoms with Gasteiger partial charge >= 0.3 is 0 Å². The highest BCUT2D eigenvalue weighted by Crippen LogP contribution is 2.25. The predicted molar refractivity (Wildman–Crippen MR) is 102 cm³/mol. The van der Waals surface area contributed by atoms with Crippen molar-refractivity contribution < 1.29 is 0 Å². The molecule has 0 bridgehead atoms. The highest BCUT2D eigenvalue weighted by Gasteiger charge is 2.14. The Morgan fingerprint density at radius 3 is 2.79 bits per heavy atom. The topological polar surface area (TPSA) is 29.0 Å². The molecular formula is C21H27N3. The van der Waals surface area contributed by atoms with Crippen molar-refractivity contribution in [3.05, 3.63) is 54.5 Å². The van der Waals surface area contributed by atoms with E-state index in [4.69, 9.17) is 4.98 Å². The van der Waals surface area contributed by atoms with E-state index in [-0.39, 0.29) is 0 Å². The third-order valence-electron chi connectivity index (χ3n) is 4.84. The Labute approximate surface area is 145 Å². The average Bonchev–Trinajstić information content (AvgIpc) is 2.60. The molecule has 0 spiro atoms. The Bertz CT molecular complexity index is 742. The molecule has 1 aliphatic rings. The molecule has 0 N–H and O–H groups in total. The molecule has 1 aliphatic carbocycles. The molecule has 126 valence electrons. The van der Waals surface area contributed by atoms with Gasteiger partial charge in [-0.15, -0.1) is 0 Å². The monoisotopic (exact) mass is 321 g/mol. The standard InChI is InChI=1S/C21H27N3/c1-4-18(15-24(3)14-17-8-6-5-7-9-17)21-13-22-19-11-10-16(2)12-20(19)23-21/h4,10-13,15,17H,1,5-9,14H2,2-3H3/b18-15+. The summed E-state index contributed by atoms with van der Waals surface area (Å²) in [5.41, 5.74) is 4.99. The van der Waals surface area contributed by atoms with E-state index in [9.17, 15) is 0 Å². The first-order chi connectivity index (χ1) is 11.7. The van der Waals surface area contributed by atoms with Crippen LogP contribution in [-0.2, 0) is 0 Å². The summed E-state index contributed by atoms with van der Waals surface area (Å²) >= 11 is 0. The van der Waals surface area contributed by atoms with Gasteiger partial charge in [-0.2, -0.15) is 0 Å². The number of allylic oxidation sites excluding steroid dienone is 2. The third kappa shape index (κ3) is 4.02. The van der Waals surface area contributed by atoms with Gasteiger partial charge in [-0.05, 0) is 43.4 Å². The van der Waals surface area contributed by atoms with Gasteiger partial charge in [0.1, 0.15) is 0 Å². The molecule has 2 aromatic rings. The van der Waals surface area contributed by atoms with Crippen LogP contribution in [-0.4, -0.2) is 28.5 Å². The fraction of sp³-hybridized carbons (Fsp3) is 0.429. The van der Waals surface area contributed by atoms with E-state index in [1.54, 1.807) is 0 Å². The van der Waals surface area contributed by atoms with Crippen molar-refractivity contribution in [2.75, 3.05) is 13.6 Å². The van der Waals surface area contributed by atoms with Gasteiger partial charge in [0.2, 0.25) is 0 Å². The minimum Gasteiger partial charge on any atom is -0.380 e. The van der Waals surface area contributed by atoms with Crippen LogP contribution in [0.3, 0.4) is 0 Å². The molecule has 0 unspecified atom stereocenters. The minimum absolute atomic E-state index is 0.816. The summed E-state index contributed by atoms with van der Waals surface area (Å²) in [5, 5.41) is 0. The quantitative estimate of drug-likeness (QED) is 0.727. The lowest BCUT2D eigenvalue weighted by Crippen LogP contribution is -2.23. The third-order valence-corrected chi connectivity index (χ3v) is 4.84. The highest BCUT2D eigenvalue weighted by molar-refractivity contribution is 5.79. The van der Waals surface area contributed by atoms with E-state index in [0.717, 1.165) is 34.8 Å². The van der Waals surface area contributed by atoms with E-state index >= 15 is 0 Å². The summed E-state index contributed by atoms with van der Waals surface area (Å²) in [6.45, 7) is 7.16. The summed E-state index contributed by atoms with van der Waals surface area (Å²) in [6, 6.07) is 6.17. The van der Waals surface area contributed by atoms with Crippen LogP contribution >= 0.6 is 0 Å². The minimum atomic E-state index is 0.816. The van der Waals surface area contributed by atoms with Gasteiger partial charge < -0.3 is 4.90 Å². The van der Waals surface area contributed by atoms with Gasteiger partial charge in [0.15, 0.2) is 0 Å². The lowest BCUT2D eigenvalue weighted by Gasteiger charge is -2.26. The van der Waals surface area contributed by atoms with Crippen molar-refractivity contribution in [2.24, 2.45) is 5.92 Å². The van der Waals surface area contributed by atoms with E-state index < -0.39 is 0 Å². The van der Waals surface area contributed by atoms with Gasteiger partial charge in [0.05, 0.1) is 22.9 Å². The normalized spacial score (nSPS) is 16.3. The second-order valence-electron chi connectivity index (χ2n) is 6.98. The van der Waals surface area contributed by atoms with Crippen LogP contribution in [0.1, 0.15) is 43.4 Å². The predicted octanol–water partition coefficient (Wildman–Crippen LogP) is 4.98. The molecule has 0 saturated heterocycles. The smallest absolute Gasteiger partial charge is 0.0907 e. The summed E-state index contributed by atoms with van der Waals surface area (Å²) in [5.74, 6) is 0.816. The Morgan fingerprint density at radius 1 is 1.25 bits per heavy atom.